The molecule has 0 aromatic heterocycles. The highest BCUT2D eigenvalue weighted by atomic mass is 19.1. The third kappa shape index (κ3) is 3.82. The van der Waals surface area contributed by atoms with E-state index >= 15 is 0 Å². The van der Waals surface area contributed by atoms with E-state index in [4.69, 9.17) is 4.74 Å². The maximum Gasteiger partial charge on any atom is 0.124 e. The fraction of sp³-hybridized carbons (Fsp3) is 0.333. The Balaban J connectivity index is 2.18. The van der Waals surface area contributed by atoms with Gasteiger partial charge in [-0.05, 0) is 49.7 Å². The molecule has 0 aliphatic rings. The summed E-state index contributed by atoms with van der Waals surface area (Å²) in [5.74, 6) is 0.622. The molecule has 3 heteroatoms. The molecule has 0 fully saturated rings. The van der Waals surface area contributed by atoms with E-state index < -0.39 is 0 Å². The monoisotopic (exact) mass is 287 g/mol. The molecule has 0 heterocycles. The quantitative estimate of drug-likeness (QED) is 0.851. The van der Waals surface area contributed by atoms with Gasteiger partial charge in [0.05, 0.1) is 0 Å². The molecule has 2 aromatic rings. The zero-order valence-corrected chi connectivity index (χ0v) is 12.8. The lowest BCUT2D eigenvalue weighted by atomic mass is 10.0. The van der Waals surface area contributed by atoms with E-state index in [2.05, 4.69) is 18.3 Å². The summed E-state index contributed by atoms with van der Waals surface area (Å²) in [7, 11) is 1.95. The fourth-order valence-electron chi connectivity index (χ4n) is 2.43. The first-order valence-corrected chi connectivity index (χ1v) is 7.29. The van der Waals surface area contributed by atoms with Crippen LogP contribution in [0.2, 0.25) is 0 Å². The number of halogens is 1. The number of ether oxygens (including phenoxy) is 1. The van der Waals surface area contributed by atoms with E-state index in [-0.39, 0.29) is 11.9 Å². The van der Waals surface area contributed by atoms with E-state index in [1.807, 2.05) is 32.2 Å². The van der Waals surface area contributed by atoms with E-state index in [0.717, 1.165) is 28.9 Å². The highest BCUT2D eigenvalue weighted by Gasteiger charge is 2.12. The molecule has 0 saturated heterocycles. The molecule has 0 aliphatic carbocycles. The number of rotatable bonds is 6. The lowest BCUT2D eigenvalue weighted by Crippen LogP contribution is -2.16. The zero-order chi connectivity index (χ0) is 15.2. The molecule has 1 atom stereocenters. The van der Waals surface area contributed by atoms with Gasteiger partial charge in [-0.15, -0.1) is 0 Å². The number of nitrogens with one attached hydrogen (secondary N) is 1. The molecule has 0 saturated carbocycles. The minimum Gasteiger partial charge on any atom is -0.489 e. The molecular weight excluding hydrogens is 265 g/mol. The maximum absolute atomic E-state index is 13.3. The Labute approximate surface area is 126 Å². The van der Waals surface area contributed by atoms with Crippen LogP contribution >= 0.6 is 0 Å². The molecule has 21 heavy (non-hydrogen) atoms. The Kier molecular flexibility index (Phi) is 5.34. The second-order valence-corrected chi connectivity index (χ2v) is 5.15. The lowest BCUT2D eigenvalue weighted by molar-refractivity contribution is 0.297. The lowest BCUT2D eigenvalue weighted by Gasteiger charge is -2.19. The average molecular weight is 287 g/mol. The van der Waals surface area contributed by atoms with Gasteiger partial charge in [0.15, 0.2) is 0 Å². The van der Waals surface area contributed by atoms with Crippen LogP contribution in [-0.4, -0.2) is 7.05 Å². The molecule has 0 bridgehead atoms. The summed E-state index contributed by atoms with van der Waals surface area (Å²) in [6.07, 6.45) is 0.982. The summed E-state index contributed by atoms with van der Waals surface area (Å²) in [6, 6.07) is 13.0. The number of benzene rings is 2. The van der Waals surface area contributed by atoms with Crippen molar-refractivity contribution in [3.63, 3.8) is 0 Å². The minimum absolute atomic E-state index is 0.228. The van der Waals surface area contributed by atoms with Crippen LogP contribution in [0, 0.1) is 12.7 Å². The summed E-state index contributed by atoms with van der Waals surface area (Å²) in [4.78, 5) is 0. The van der Waals surface area contributed by atoms with Crippen molar-refractivity contribution in [3.05, 3.63) is 65.0 Å². The summed E-state index contributed by atoms with van der Waals surface area (Å²) in [5, 5.41) is 3.29. The highest BCUT2D eigenvalue weighted by molar-refractivity contribution is 5.36. The van der Waals surface area contributed by atoms with Crippen LogP contribution in [-0.2, 0) is 6.61 Å². The van der Waals surface area contributed by atoms with Crippen LogP contribution in [0.3, 0.4) is 0 Å². The van der Waals surface area contributed by atoms with E-state index in [1.54, 1.807) is 6.07 Å². The fourth-order valence-corrected chi connectivity index (χ4v) is 2.43. The van der Waals surface area contributed by atoms with Crippen molar-refractivity contribution in [3.8, 4) is 5.75 Å². The Morgan fingerprint density at radius 3 is 2.67 bits per heavy atom. The molecule has 0 amide bonds. The van der Waals surface area contributed by atoms with Crippen LogP contribution in [0.25, 0.3) is 0 Å². The van der Waals surface area contributed by atoms with Gasteiger partial charge in [-0.1, -0.05) is 31.2 Å². The van der Waals surface area contributed by atoms with Gasteiger partial charge in [0.1, 0.15) is 18.2 Å². The average Bonchev–Trinajstić information content (AvgIpc) is 2.50. The van der Waals surface area contributed by atoms with Crippen LogP contribution in [0.4, 0.5) is 4.39 Å². The normalized spacial score (nSPS) is 12.2. The van der Waals surface area contributed by atoms with E-state index in [1.165, 1.54) is 12.1 Å². The molecule has 2 rings (SSSR count). The molecular formula is C18H22FNO. The van der Waals surface area contributed by atoms with Gasteiger partial charge in [-0.2, -0.15) is 0 Å². The second-order valence-electron chi connectivity index (χ2n) is 5.15. The van der Waals surface area contributed by atoms with Crippen molar-refractivity contribution < 1.29 is 9.13 Å². The van der Waals surface area contributed by atoms with Crippen LogP contribution in [0.5, 0.6) is 5.75 Å². The Hall–Kier alpha value is -1.87. The Morgan fingerprint density at radius 2 is 1.95 bits per heavy atom. The van der Waals surface area contributed by atoms with Gasteiger partial charge in [0.25, 0.3) is 0 Å². The Bertz CT molecular complexity index is 594. The third-order valence-electron chi connectivity index (χ3n) is 3.75. The second kappa shape index (κ2) is 7.23. The van der Waals surface area contributed by atoms with Gasteiger partial charge >= 0.3 is 0 Å². The number of hydrogen-bond donors (Lipinski definition) is 1. The van der Waals surface area contributed by atoms with Gasteiger partial charge in [0.2, 0.25) is 0 Å². The number of para-hydroxylation sites is 1. The van der Waals surface area contributed by atoms with Crippen molar-refractivity contribution >= 4 is 0 Å². The Morgan fingerprint density at radius 1 is 1.19 bits per heavy atom. The number of aryl methyl sites for hydroxylation is 1. The smallest absolute Gasteiger partial charge is 0.124 e. The summed E-state index contributed by atoms with van der Waals surface area (Å²) in [6.45, 7) is 4.47. The predicted octanol–water partition coefficient (Wildman–Crippen LogP) is 4.38. The molecule has 0 spiro atoms. The highest BCUT2D eigenvalue weighted by Crippen LogP contribution is 2.27. The molecule has 1 unspecified atom stereocenters. The van der Waals surface area contributed by atoms with Crippen molar-refractivity contribution in [2.24, 2.45) is 0 Å². The zero-order valence-electron chi connectivity index (χ0n) is 12.8. The largest absolute Gasteiger partial charge is 0.489 e. The maximum atomic E-state index is 13.3. The van der Waals surface area contributed by atoms with E-state index in [0.29, 0.717) is 6.61 Å². The molecule has 0 aliphatic heterocycles. The third-order valence-corrected chi connectivity index (χ3v) is 3.75. The van der Waals surface area contributed by atoms with Gasteiger partial charge < -0.3 is 10.1 Å². The van der Waals surface area contributed by atoms with Gasteiger partial charge in [-0.25, -0.2) is 4.39 Å². The van der Waals surface area contributed by atoms with Crippen LogP contribution < -0.4 is 10.1 Å². The van der Waals surface area contributed by atoms with Crippen molar-refractivity contribution in [2.45, 2.75) is 32.9 Å². The first-order chi connectivity index (χ1) is 10.2. The standard InChI is InChI=1S/C18H22FNO/c1-4-17(20-3)16-7-5-6-8-18(16)21-12-14-11-15(19)10-9-13(14)2/h5-11,17,20H,4,12H2,1-3H3. The van der Waals surface area contributed by atoms with Crippen LogP contribution in [0.15, 0.2) is 42.5 Å². The topological polar surface area (TPSA) is 21.3 Å². The molecule has 0 radical (unpaired) electrons. The molecule has 112 valence electrons. The summed E-state index contributed by atoms with van der Waals surface area (Å²) in [5.41, 5.74) is 3.05. The summed E-state index contributed by atoms with van der Waals surface area (Å²) < 4.78 is 19.3. The molecule has 1 N–H and O–H groups in total. The van der Waals surface area contributed by atoms with Crippen molar-refractivity contribution in [2.75, 3.05) is 7.05 Å². The predicted molar refractivity (Wildman–Crippen MR) is 84.0 cm³/mol. The SMILES string of the molecule is CCC(NC)c1ccccc1OCc1cc(F)ccc1C. The first-order valence-electron chi connectivity index (χ1n) is 7.29. The van der Waals surface area contributed by atoms with Crippen molar-refractivity contribution in [1.82, 2.24) is 5.32 Å². The van der Waals surface area contributed by atoms with E-state index in [9.17, 15) is 4.39 Å². The van der Waals surface area contributed by atoms with Gasteiger partial charge in [0, 0.05) is 11.6 Å². The number of hydrogen-bond acceptors (Lipinski definition) is 2. The van der Waals surface area contributed by atoms with Crippen molar-refractivity contribution in [1.29, 1.82) is 0 Å². The first kappa shape index (κ1) is 15.5. The van der Waals surface area contributed by atoms with Crippen LogP contribution in [0.1, 0.15) is 36.1 Å². The summed E-state index contributed by atoms with van der Waals surface area (Å²) >= 11 is 0. The van der Waals surface area contributed by atoms with Gasteiger partial charge in [-0.3, -0.25) is 0 Å². The minimum atomic E-state index is -0.228. The molecule has 2 nitrogen and oxygen atoms in total. The molecule has 2 aromatic carbocycles.